The van der Waals surface area contributed by atoms with E-state index in [4.69, 9.17) is 5.11 Å². The van der Waals surface area contributed by atoms with Gasteiger partial charge in [-0.2, -0.15) is 0 Å². The maximum Gasteiger partial charge on any atom is 0.328 e. The lowest BCUT2D eigenvalue weighted by Gasteiger charge is -2.18. The zero-order valence-corrected chi connectivity index (χ0v) is 11.8. The van der Waals surface area contributed by atoms with Crippen LogP contribution in [0.15, 0.2) is 24.4 Å². The van der Waals surface area contributed by atoms with Crippen LogP contribution in [0.25, 0.3) is 0 Å². The number of hydrogen-bond donors (Lipinski definition) is 1. The van der Waals surface area contributed by atoms with Crippen LogP contribution in [0.4, 0.5) is 0 Å². The zero-order valence-electron chi connectivity index (χ0n) is 8.51. The molecular weight excluding hydrogens is 342 g/mol. The lowest BCUT2D eigenvalue weighted by atomic mass is 9.98. The summed E-state index contributed by atoms with van der Waals surface area (Å²) in [4.78, 5) is 26.7. The number of Topliss-reactive ketones (excluding diaryl/α,β-unsaturated/α-hetero) is 1. The molecule has 0 spiro atoms. The molecule has 0 aromatic carbocycles. The van der Waals surface area contributed by atoms with Gasteiger partial charge in [0.25, 0.3) is 0 Å². The standard InChI is InChI=1S/C10H10BrNO3.BrH/c1-2-10(11,9(14)15)8(13)7-5-3-4-6-12-7;/h3-6H,2H2,1H3,(H,14,15);1H. The highest BCUT2D eigenvalue weighted by atomic mass is 79.9. The predicted molar refractivity (Wildman–Crippen MR) is 68.5 cm³/mol. The predicted octanol–water partition coefficient (Wildman–Crippen LogP) is 2.47. The van der Waals surface area contributed by atoms with Crippen LogP contribution in [0.3, 0.4) is 0 Å². The highest BCUT2D eigenvalue weighted by Crippen LogP contribution is 2.26. The highest BCUT2D eigenvalue weighted by Gasteiger charge is 2.42. The molecule has 1 aromatic rings. The van der Waals surface area contributed by atoms with Gasteiger partial charge >= 0.3 is 5.97 Å². The van der Waals surface area contributed by atoms with Gasteiger partial charge in [0, 0.05) is 6.20 Å². The number of alkyl halides is 1. The largest absolute Gasteiger partial charge is 0.480 e. The van der Waals surface area contributed by atoms with Crippen LogP contribution in [-0.2, 0) is 4.79 Å². The Morgan fingerprint density at radius 1 is 1.50 bits per heavy atom. The molecule has 0 bridgehead atoms. The third kappa shape index (κ3) is 2.89. The Hall–Kier alpha value is -0.750. The summed E-state index contributed by atoms with van der Waals surface area (Å²) in [6.07, 6.45) is 1.62. The summed E-state index contributed by atoms with van der Waals surface area (Å²) in [5.74, 6) is -1.72. The average molecular weight is 353 g/mol. The number of carbonyl (C=O) groups is 2. The molecule has 1 unspecified atom stereocenters. The number of carboxylic acids is 1. The number of nitrogens with zero attached hydrogens (tertiary/aromatic N) is 1. The number of aromatic nitrogens is 1. The van der Waals surface area contributed by atoms with Crippen LogP contribution >= 0.6 is 32.9 Å². The molecule has 1 heterocycles. The molecule has 1 N–H and O–H groups in total. The second kappa shape index (κ2) is 6.10. The van der Waals surface area contributed by atoms with Gasteiger partial charge in [-0.15, -0.1) is 17.0 Å². The van der Waals surface area contributed by atoms with Gasteiger partial charge in [-0.05, 0) is 18.6 Å². The first-order valence-corrected chi connectivity index (χ1v) is 5.19. The molecule has 0 amide bonds. The monoisotopic (exact) mass is 351 g/mol. The van der Waals surface area contributed by atoms with Crippen LogP contribution < -0.4 is 0 Å². The number of aliphatic carboxylic acids is 1. The van der Waals surface area contributed by atoms with Crippen molar-refractivity contribution < 1.29 is 14.7 Å². The lowest BCUT2D eigenvalue weighted by Crippen LogP contribution is -2.40. The topological polar surface area (TPSA) is 67.3 Å². The van der Waals surface area contributed by atoms with E-state index < -0.39 is 16.1 Å². The molecule has 0 saturated heterocycles. The van der Waals surface area contributed by atoms with Crippen LogP contribution in [0.1, 0.15) is 23.8 Å². The van der Waals surface area contributed by atoms with Crippen LogP contribution in [0.2, 0.25) is 0 Å². The minimum Gasteiger partial charge on any atom is -0.480 e. The van der Waals surface area contributed by atoms with Crippen molar-refractivity contribution in [2.45, 2.75) is 17.7 Å². The lowest BCUT2D eigenvalue weighted by molar-refractivity contribution is -0.138. The summed E-state index contributed by atoms with van der Waals surface area (Å²) in [5, 5.41) is 8.97. The molecule has 1 aromatic heterocycles. The molecular formula is C10H11Br2NO3. The summed E-state index contributed by atoms with van der Waals surface area (Å²) in [7, 11) is 0. The van der Waals surface area contributed by atoms with Gasteiger partial charge in [0.2, 0.25) is 5.78 Å². The molecule has 1 rings (SSSR count). The molecule has 0 saturated carbocycles. The fourth-order valence-corrected chi connectivity index (χ4v) is 1.31. The molecule has 16 heavy (non-hydrogen) atoms. The van der Waals surface area contributed by atoms with Crippen molar-refractivity contribution in [2.75, 3.05) is 0 Å². The Morgan fingerprint density at radius 3 is 2.50 bits per heavy atom. The van der Waals surface area contributed by atoms with Crippen molar-refractivity contribution >= 4 is 44.7 Å². The molecule has 0 aliphatic rings. The van der Waals surface area contributed by atoms with Crippen molar-refractivity contribution in [1.82, 2.24) is 4.98 Å². The van der Waals surface area contributed by atoms with Gasteiger partial charge in [-0.1, -0.05) is 28.9 Å². The first-order chi connectivity index (χ1) is 7.02. The quantitative estimate of drug-likeness (QED) is 0.513. The van der Waals surface area contributed by atoms with E-state index in [1.807, 2.05) is 0 Å². The third-order valence-electron chi connectivity index (χ3n) is 2.08. The molecule has 0 radical (unpaired) electrons. The average Bonchev–Trinajstić information content (AvgIpc) is 2.28. The van der Waals surface area contributed by atoms with Crippen molar-refractivity contribution in [3.63, 3.8) is 0 Å². The molecule has 1 atom stereocenters. The van der Waals surface area contributed by atoms with Gasteiger partial charge in [-0.3, -0.25) is 14.6 Å². The summed E-state index contributed by atoms with van der Waals surface area (Å²) >= 11 is 2.96. The number of rotatable bonds is 4. The molecule has 0 aliphatic carbocycles. The zero-order chi connectivity index (χ0) is 11.5. The van der Waals surface area contributed by atoms with E-state index in [0.29, 0.717) is 0 Å². The number of halogens is 2. The van der Waals surface area contributed by atoms with Gasteiger partial charge in [0.05, 0.1) is 0 Å². The molecule has 0 fully saturated rings. The Balaban J connectivity index is 0.00000225. The minimum absolute atomic E-state index is 0. The summed E-state index contributed by atoms with van der Waals surface area (Å²) in [5.41, 5.74) is 0.152. The molecule has 88 valence electrons. The van der Waals surface area contributed by atoms with Crippen LogP contribution in [-0.4, -0.2) is 26.2 Å². The number of carbonyl (C=O) groups excluding carboxylic acids is 1. The van der Waals surface area contributed by atoms with E-state index in [1.54, 1.807) is 19.1 Å². The Morgan fingerprint density at radius 2 is 2.12 bits per heavy atom. The van der Waals surface area contributed by atoms with Gasteiger partial charge in [0.1, 0.15) is 5.69 Å². The van der Waals surface area contributed by atoms with Gasteiger partial charge in [-0.25, -0.2) is 0 Å². The smallest absolute Gasteiger partial charge is 0.328 e. The number of carboxylic acid groups (broad SMARTS) is 1. The summed E-state index contributed by atoms with van der Waals surface area (Å²) in [6.45, 7) is 1.63. The number of pyridine rings is 1. The number of hydrogen-bond acceptors (Lipinski definition) is 3. The second-order valence-electron chi connectivity index (χ2n) is 3.00. The maximum absolute atomic E-state index is 11.8. The van der Waals surface area contributed by atoms with Crippen LogP contribution in [0.5, 0.6) is 0 Å². The van der Waals surface area contributed by atoms with Crippen molar-refractivity contribution in [3.8, 4) is 0 Å². The Labute approximate surface area is 112 Å². The second-order valence-corrected chi connectivity index (χ2v) is 4.36. The Kier molecular flexibility index (Phi) is 5.81. The molecule has 0 aliphatic heterocycles. The Bertz CT molecular complexity index is 383. The van der Waals surface area contributed by atoms with Crippen LogP contribution in [0, 0.1) is 0 Å². The van der Waals surface area contributed by atoms with Gasteiger partial charge in [0.15, 0.2) is 4.32 Å². The van der Waals surface area contributed by atoms with E-state index in [1.165, 1.54) is 12.3 Å². The molecule has 6 heteroatoms. The van der Waals surface area contributed by atoms with E-state index in [0.717, 1.165) is 0 Å². The van der Waals surface area contributed by atoms with Crippen molar-refractivity contribution in [1.29, 1.82) is 0 Å². The first-order valence-electron chi connectivity index (χ1n) is 4.40. The fraction of sp³-hybridized carbons (Fsp3) is 0.300. The fourth-order valence-electron chi connectivity index (χ4n) is 1.11. The summed E-state index contributed by atoms with van der Waals surface area (Å²) in [6, 6.07) is 4.81. The van der Waals surface area contributed by atoms with E-state index in [-0.39, 0.29) is 29.1 Å². The van der Waals surface area contributed by atoms with E-state index in [9.17, 15) is 9.59 Å². The summed E-state index contributed by atoms with van der Waals surface area (Å²) < 4.78 is -1.57. The SMILES string of the molecule is Br.CCC(Br)(C(=O)O)C(=O)c1ccccn1. The normalized spacial score (nSPS) is 13.4. The third-order valence-corrected chi connectivity index (χ3v) is 3.34. The van der Waals surface area contributed by atoms with Crippen molar-refractivity contribution in [2.24, 2.45) is 0 Å². The van der Waals surface area contributed by atoms with Gasteiger partial charge < -0.3 is 5.11 Å². The maximum atomic E-state index is 11.8. The highest BCUT2D eigenvalue weighted by molar-refractivity contribution is 9.10. The van der Waals surface area contributed by atoms with E-state index >= 15 is 0 Å². The minimum atomic E-state index is -1.57. The van der Waals surface area contributed by atoms with E-state index in [2.05, 4.69) is 20.9 Å². The van der Waals surface area contributed by atoms with Crippen molar-refractivity contribution in [3.05, 3.63) is 30.1 Å². The first kappa shape index (κ1) is 15.2. The number of ketones is 1. The molecule has 4 nitrogen and oxygen atoms in total.